The zero-order valence-corrected chi connectivity index (χ0v) is 27.4. The van der Waals surface area contributed by atoms with Gasteiger partial charge in [-0.05, 0) is 64.4 Å². The molecule has 0 spiro atoms. The molecule has 1 aromatic carbocycles. The van der Waals surface area contributed by atoms with Crippen LogP contribution in [0.4, 0.5) is 0 Å². The fourth-order valence-electron chi connectivity index (χ4n) is 6.47. The molecule has 6 heterocycles. The Hall–Kier alpha value is -4.13. The summed E-state index contributed by atoms with van der Waals surface area (Å²) in [6.07, 6.45) is 12.9. The summed E-state index contributed by atoms with van der Waals surface area (Å²) >= 11 is 0. The van der Waals surface area contributed by atoms with Crippen LogP contribution in [0, 0.1) is 6.92 Å². The standard InChI is InChI=1S/C34H40N8O3S/c1-4-40-16-10-27(11-17-40)41-22-26(20-37-41)30-23-42(46(43,44)29-8-6-5-7-9-29)33-32(30)38-31(21-35-33)25-18-24(2)34(36-19-25)45-28-12-14-39(3)15-13-28/h5-9,18-23,27-28H,4,10-17H2,1-3H3. The number of hydrogen-bond acceptors (Lipinski definition) is 9. The molecule has 2 aliphatic rings. The van der Waals surface area contributed by atoms with Gasteiger partial charge in [-0.1, -0.05) is 25.1 Å². The number of rotatable bonds is 8. The van der Waals surface area contributed by atoms with Gasteiger partial charge in [-0.2, -0.15) is 5.10 Å². The Labute approximate surface area is 269 Å². The van der Waals surface area contributed by atoms with Gasteiger partial charge in [0.05, 0.1) is 29.0 Å². The summed E-state index contributed by atoms with van der Waals surface area (Å²) in [5.41, 5.74) is 4.51. The summed E-state index contributed by atoms with van der Waals surface area (Å²) < 4.78 is 37.3. The van der Waals surface area contributed by atoms with E-state index in [1.54, 1.807) is 55.1 Å². The van der Waals surface area contributed by atoms with Gasteiger partial charge in [0, 0.05) is 67.0 Å². The van der Waals surface area contributed by atoms with E-state index in [2.05, 4.69) is 33.7 Å². The lowest BCUT2D eigenvalue weighted by atomic mass is 10.1. The molecule has 11 nitrogen and oxygen atoms in total. The molecule has 2 aliphatic heterocycles. The fraction of sp³-hybridized carbons (Fsp3) is 0.412. The Morgan fingerprint density at radius 3 is 2.39 bits per heavy atom. The zero-order valence-electron chi connectivity index (χ0n) is 26.6. The van der Waals surface area contributed by atoms with Crippen LogP contribution in [0.25, 0.3) is 33.5 Å². The van der Waals surface area contributed by atoms with Crippen molar-refractivity contribution in [3.05, 3.63) is 72.9 Å². The van der Waals surface area contributed by atoms with Crippen LogP contribution in [-0.2, 0) is 10.0 Å². The van der Waals surface area contributed by atoms with Gasteiger partial charge >= 0.3 is 0 Å². The second kappa shape index (κ2) is 12.6. The first-order chi connectivity index (χ1) is 22.3. The molecule has 0 atom stereocenters. The van der Waals surface area contributed by atoms with Gasteiger partial charge in [-0.3, -0.25) is 4.68 Å². The molecular formula is C34H40N8O3S. The molecule has 5 aromatic rings. The van der Waals surface area contributed by atoms with E-state index in [4.69, 9.17) is 14.8 Å². The molecule has 0 radical (unpaired) electrons. The van der Waals surface area contributed by atoms with Crippen LogP contribution in [-0.4, -0.2) is 92.8 Å². The van der Waals surface area contributed by atoms with Crippen molar-refractivity contribution in [2.75, 3.05) is 39.8 Å². The number of piperidine rings is 2. The molecule has 46 heavy (non-hydrogen) atoms. The summed E-state index contributed by atoms with van der Waals surface area (Å²) in [4.78, 5) is 19.3. The van der Waals surface area contributed by atoms with Crippen LogP contribution in [0.2, 0.25) is 0 Å². The molecule has 2 fully saturated rings. The van der Waals surface area contributed by atoms with E-state index in [9.17, 15) is 8.42 Å². The number of benzene rings is 1. The maximum absolute atomic E-state index is 13.9. The van der Waals surface area contributed by atoms with Crippen molar-refractivity contribution in [1.82, 2.24) is 38.5 Å². The van der Waals surface area contributed by atoms with E-state index in [0.717, 1.165) is 75.1 Å². The summed E-state index contributed by atoms with van der Waals surface area (Å²) in [5.74, 6) is 0.630. The number of aryl methyl sites for hydroxylation is 1. The second-order valence-electron chi connectivity index (χ2n) is 12.4. The van der Waals surface area contributed by atoms with E-state index in [-0.39, 0.29) is 16.6 Å². The van der Waals surface area contributed by atoms with E-state index in [1.807, 2.05) is 23.9 Å². The summed E-state index contributed by atoms with van der Waals surface area (Å²) in [6.45, 7) is 9.32. The molecule has 0 bridgehead atoms. The number of likely N-dealkylation sites (tertiary alicyclic amines) is 2. The van der Waals surface area contributed by atoms with Crippen LogP contribution in [0.15, 0.2) is 72.3 Å². The quantitative estimate of drug-likeness (QED) is 0.231. The monoisotopic (exact) mass is 640 g/mol. The van der Waals surface area contributed by atoms with Gasteiger partial charge in [-0.25, -0.2) is 27.3 Å². The third kappa shape index (κ3) is 5.92. The highest BCUT2D eigenvalue weighted by molar-refractivity contribution is 7.90. The Bertz CT molecular complexity index is 1940. The summed E-state index contributed by atoms with van der Waals surface area (Å²) in [7, 11) is -1.80. The van der Waals surface area contributed by atoms with Crippen molar-refractivity contribution >= 4 is 21.2 Å². The van der Waals surface area contributed by atoms with Crippen molar-refractivity contribution in [1.29, 1.82) is 0 Å². The van der Waals surface area contributed by atoms with Gasteiger partial charge in [0.25, 0.3) is 10.0 Å². The second-order valence-corrected chi connectivity index (χ2v) is 14.2. The van der Waals surface area contributed by atoms with Gasteiger partial charge in [-0.15, -0.1) is 0 Å². The van der Waals surface area contributed by atoms with Crippen molar-refractivity contribution in [2.24, 2.45) is 0 Å². The van der Waals surface area contributed by atoms with Crippen molar-refractivity contribution in [3.63, 3.8) is 0 Å². The Kier molecular flexibility index (Phi) is 8.35. The lowest BCUT2D eigenvalue weighted by Gasteiger charge is -2.31. The molecule has 0 unspecified atom stereocenters. The molecule has 0 saturated carbocycles. The molecule has 12 heteroatoms. The molecule has 0 amide bonds. The third-order valence-corrected chi connectivity index (χ3v) is 11.0. The number of aromatic nitrogens is 6. The SMILES string of the molecule is CCN1CCC(n2cc(-c3cn(S(=O)(=O)c4ccccc4)c4ncc(-c5cnc(OC6CCN(C)CC6)c(C)c5)nc34)cn2)CC1. The Morgan fingerprint density at radius 1 is 0.913 bits per heavy atom. The minimum atomic E-state index is -3.93. The minimum Gasteiger partial charge on any atom is -0.474 e. The van der Waals surface area contributed by atoms with Crippen LogP contribution in [0.5, 0.6) is 5.88 Å². The van der Waals surface area contributed by atoms with Crippen molar-refractivity contribution < 1.29 is 13.2 Å². The number of fused-ring (bicyclic) bond motifs is 1. The Morgan fingerprint density at radius 2 is 1.67 bits per heavy atom. The average Bonchev–Trinajstić information content (AvgIpc) is 3.73. The normalized spacial score (nSPS) is 17.5. The average molecular weight is 641 g/mol. The maximum Gasteiger partial charge on any atom is 0.269 e. The summed E-state index contributed by atoms with van der Waals surface area (Å²) in [6, 6.07) is 10.7. The number of pyridine rings is 1. The van der Waals surface area contributed by atoms with Gasteiger partial charge < -0.3 is 14.5 Å². The fourth-order valence-corrected chi connectivity index (χ4v) is 7.80. The van der Waals surface area contributed by atoms with E-state index in [0.29, 0.717) is 28.7 Å². The Balaban J connectivity index is 1.26. The summed E-state index contributed by atoms with van der Waals surface area (Å²) in [5, 5.41) is 4.72. The maximum atomic E-state index is 13.9. The van der Waals surface area contributed by atoms with Crippen molar-refractivity contribution in [3.8, 4) is 28.3 Å². The van der Waals surface area contributed by atoms with Crippen LogP contribution >= 0.6 is 0 Å². The third-order valence-electron chi connectivity index (χ3n) is 9.32. The molecule has 2 saturated heterocycles. The first-order valence-electron chi connectivity index (χ1n) is 16.1. The van der Waals surface area contributed by atoms with E-state index >= 15 is 0 Å². The van der Waals surface area contributed by atoms with Gasteiger partial charge in [0.2, 0.25) is 5.88 Å². The van der Waals surface area contributed by atoms with Crippen LogP contribution in [0.3, 0.4) is 0 Å². The first kappa shape index (κ1) is 30.5. The lowest BCUT2D eigenvalue weighted by molar-refractivity contribution is 0.109. The number of ether oxygens (including phenoxy) is 1. The van der Waals surface area contributed by atoms with Gasteiger partial charge in [0.1, 0.15) is 11.6 Å². The topological polar surface area (TPSA) is 111 Å². The smallest absolute Gasteiger partial charge is 0.269 e. The molecule has 7 rings (SSSR count). The minimum absolute atomic E-state index is 0.151. The number of hydrogen-bond donors (Lipinski definition) is 0. The van der Waals surface area contributed by atoms with Gasteiger partial charge in [0.15, 0.2) is 5.65 Å². The highest BCUT2D eigenvalue weighted by Gasteiger charge is 2.26. The predicted octanol–water partition coefficient (Wildman–Crippen LogP) is 5.03. The molecule has 0 N–H and O–H groups in total. The molecule has 0 aliphatic carbocycles. The van der Waals surface area contributed by atoms with Crippen LogP contribution in [0.1, 0.15) is 44.2 Å². The zero-order chi connectivity index (χ0) is 31.8. The van der Waals surface area contributed by atoms with E-state index < -0.39 is 10.0 Å². The largest absolute Gasteiger partial charge is 0.474 e. The van der Waals surface area contributed by atoms with Crippen LogP contribution < -0.4 is 4.74 Å². The molecule has 240 valence electrons. The molecule has 4 aromatic heterocycles. The lowest BCUT2D eigenvalue weighted by Crippen LogP contribution is -2.35. The highest BCUT2D eigenvalue weighted by Crippen LogP contribution is 2.34. The van der Waals surface area contributed by atoms with E-state index in [1.165, 1.54) is 3.97 Å². The molecular weight excluding hydrogens is 600 g/mol. The predicted molar refractivity (Wildman–Crippen MR) is 177 cm³/mol. The van der Waals surface area contributed by atoms with Crippen molar-refractivity contribution in [2.45, 2.75) is 56.6 Å². The highest BCUT2D eigenvalue weighted by atomic mass is 32.2. The first-order valence-corrected chi connectivity index (χ1v) is 17.5. The number of nitrogens with zero attached hydrogens (tertiary/aromatic N) is 8.